The summed E-state index contributed by atoms with van der Waals surface area (Å²) in [6.07, 6.45) is 3.62. The molecule has 0 saturated carbocycles. The van der Waals surface area contributed by atoms with Crippen molar-refractivity contribution in [3.8, 4) is 0 Å². The molecular weight excluding hydrogens is 596 g/mol. The van der Waals surface area contributed by atoms with E-state index in [1.54, 1.807) is 0 Å². The fraction of sp³-hybridized carbons (Fsp3) is 0.250. The van der Waals surface area contributed by atoms with E-state index in [0.717, 1.165) is 49.9 Å². The Morgan fingerprint density at radius 2 is 1.00 bits per heavy atom. The van der Waals surface area contributed by atoms with Gasteiger partial charge in [-0.05, 0) is 24.2 Å². The number of carbonyl (C=O) groups excluding carboxylic acids is 2. The second kappa shape index (κ2) is 24.7. The van der Waals surface area contributed by atoms with E-state index in [1.807, 2.05) is 86.6 Å². The average molecular weight is 633 g/mol. The maximum atomic E-state index is 13.1. The third kappa shape index (κ3) is 19.8. The van der Waals surface area contributed by atoms with Gasteiger partial charge in [-0.2, -0.15) is 36.4 Å². The zero-order chi connectivity index (χ0) is 31.0. The molecule has 4 amide bonds. The summed E-state index contributed by atoms with van der Waals surface area (Å²) in [5.41, 5.74) is -0.175. The molecule has 0 saturated heterocycles. The minimum atomic E-state index is -0.911. The number of halogens is 4. The molecule has 0 heterocycles. The molecule has 6 nitrogen and oxygen atoms in total. The van der Waals surface area contributed by atoms with E-state index in [-0.39, 0.29) is 33.1 Å². The number of amides is 4. The molecule has 0 aliphatic heterocycles. The summed E-state index contributed by atoms with van der Waals surface area (Å²) < 4.78 is 51.1. The van der Waals surface area contributed by atoms with Gasteiger partial charge >= 0.3 is 33.8 Å². The first-order valence-electron chi connectivity index (χ1n) is 13.4. The van der Waals surface area contributed by atoms with E-state index in [1.165, 1.54) is 0 Å². The summed E-state index contributed by atoms with van der Waals surface area (Å²) in [6.45, 7) is 5.03. The number of benzene rings is 2. The fourth-order valence-corrected chi connectivity index (χ4v) is 2.81. The van der Waals surface area contributed by atoms with E-state index in [2.05, 4.69) is 21.3 Å². The van der Waals surface area contributed by atoms with Crippen molar-refractivity contribution in [1.29, 1.82) is 0 Å². The van der Waals surface area contributed by atoms with Crippen molar-refractivity contribution in [3.05, 3.63) is 120 Å². The Morgan fingerprint density at radius 3 is 1.26 bits per heavy atom. The van der Waals surface area contributed by atoms with Gasteiger partial charge in [-0.25, -0.2) is 51.4 Å². The first-order chi connectivity index (χ1) is 20.3. The molecular formula is C32H36F4N4O2Ti. The molecule has 43 heavy (non-hydrogen) atoms. The third-order valence-corrected chi connectivity index (χ3v) is 4.96. The van der Waals surface area contributed by atoms with Gasteiger partial charge in [-0.1, -0.05) is 26.7 Å². The largest absolute Gasteiger partial charge is 4.00 e. The van der Waals surface area contributed by atoms with Gasteiger partial charge in [-0.15, -0.1) is 36.4 Å². The van der Waals surface area contributed by atoms with Crippen LogP contribution in [0.15, 0.2) is 84.9 Å². The van der Waals surface area contributed by atoms with Gasteiger partial charge in [0.15, 0.2) is 0 Å². The van der Waals surface area contributed by atoms with Gasteiger partial charge in [0.2, 0.25) is 0 Å². The molecule has 0 atom stereocenters. The minimum Gasteiger partial charge on any atom is -0.359 e. The van der Waals surface area contributed by atoms with Crippen LogP contribution in [-0.4, -0.2) is 25.2 Å². The van der Waals surface area contributed by atoms with Crippen LogP contribution in [0.1, 0.15) is 39.5 Å². The number of rotatable bonds is 8. The van der Waals surface area contributed by atoms with Crippen molar-refractivity contribution < 1.29 is 48.9 Å². The molecule has 0 radical (unpaired) electrons. The van der Waals surface area contributed by atoms with Crippen LogP contribution < -0.4 is 21.3 Å². The van der Waals surface area contributed by atoms with Gasteiger partial charge < -0.3 is 21.3 Å². The van der Waals surface area contributed by atoms with Crippen LogP contribution in [0.2, 0.25) is 0 Å². The van der Waals surface area contributed by atoms with Crippen LogP contribution in [0.4, 0.5) is 38.5 Å². The predicted molar refractivity (Wildman–Crippen MR) is 158 cm³/mol. The summed E-state index contributed by atoms with van der Waals surface area (Å²) in [6, 6.07) is 27.0. The molecule has 0 fully saturated rings. The Labute approximate surface area is 265 Å². The summed E-state index contributed by atoms with van der Waals surface area (Å²) in [4.78, 5) is 22.5. The molecule has 228 valence electrons. The summed E-state index contributed by atoms with van der Waals surface area (Å²) >= 11 is 0. The van der Waals surface area contributed by atoms with Crippen molar-refractivity contribution >= 4 is 23.4 Å². The first-order valence-corrected chi connectivity index (χ1v) is 13.4. The summed E-state index contributed by atoms with van der Waals surface area (Å²) in [5, 5.41) is 9.65. The number of hydrogen-bond donors (Lipinski definition) is 4. The molecule has 0 aliphatic carbocycles. The maximum Gasteiger partial charge on any atom is 4.00 e. The third-order valence-electron chi connectivity index (χ3n) is 4.96. The zero-order valence-corrected chi connectivity index (χ0v) is 25.7. The quantitative estimate of drug-likeness (QED) is 0.0684. The second-order valence-electron chi connectivity index (χ2n) is 8.46. The van der Waals surface area contributed by atoms with Crippen molar-refractivity contribution in [2.75, 3.05) is 23.7 Å². The van der Waals surface area contributed by atoms with Crippen LogP contribution in [0.5, 0.6) is 0 Å². The van der Waals surface area contributed by atoms with Crippen molar-refractivity contribution in [2.24, 2.45) is 0 Å². The number of urea groups is 2. The van der Waals surface area contributed by atoms with Gasteiger partial charge in [0.05, 0.1) is 0 Å². The second-order valence-corrected chi connectivity index (χ2v) is 8.46. The summed E-state index contributed by atoms with van der Waals surface area (Å²) in [7, 11) is 0. The molecule has 4 aromatic carbocycles. The number of nitrogens with one attached hydrogen (secondary N) is 4. The standard InChI is InChI=1S/2C11H13F2N2O.2C5H5.Ti/c2*1-2-3-6-14-11(16)15-10-5-4-8(12)7-9(10)13;2*1-2-4-5-3-1;/h2*4-5H,2-3,6H2,1H3,(H2,14,15,16);2*1-5H;/q4*-1;+4. The molecule has 0 aromatic heterocycles. The van der Waals surface area contributed by atoms with Gasteiger partial charge in [-0.3, -0.25) is 0 Å². The Morgan fingerprint density at radius 1 is 0.651 bits per heavy atom. The molecule has 4 aromatic rings. The van der Waals surface area contributed by atoms with E-state index < -0.39 is 35.3 Å². The Kier molecular flexibility index (Phi) is 22.5. The predicted octanol–water partition coefficient (Wildman–Crippen LogP) is 8.18. The van der Waals surface area contributed by atoms with Gasteiger partial charge in [0, 0.05) is 36.4 Å². The Balaban J connectivity index is 0.000000608. The molecule has 0 bridgehead atoms. The zero-order valence-electron chi connectivity index (χ0n) is 24.2. The van der Waals surface area contributed by atoms with Gasteiger partial charge in [0.1, 0.15) is 0 Å². The number of hydrogen-bond acceptors (Lipinski definition) is 2. The van der Waals surface area contributed by atoms with Crippen LogP contribution in [0.3, 0.4) is 0 Å². The van der Waals surface area contributed by atoms with E-state index in [4.69, 9.17) is 0 Å². The smallest absolute Gasteiger partial charge is 0.359 e. The molecule has 4 N–H and O–H groups in total. The fourth-order valence-electron chi connectivity index (χ4n) is 2.81. The minimum absolute atomic E-state index is 0. The SMILES string of the molecule is CCCCNC(=O)Nc1ccc(F)[c-]c1F.CCCCNC(=O)Nc1ccc(F)[c-]c1F.[Ti+4].c1cc[cH-]c1.c1cc[cH-]c1. The topological polar surface area (TPSA) is 82.3 Å². The molecule has 11 heteroatoms. The van der Waals surface area contributed by atoms with Crippen molar-refractivity contribution in [3.63, 3.8) is 0 Å². The van der Waals surface area contributed by atoms with Crippen LogP contribution in [0, 0.1) is 35.4 Å². The molecule has 0 spiro atoms. The maximum absolute atomic E-state index is 13.1. The number of anilines is 2. The average Bonchev–Trinajstić information content (AvgIpc) is 3.73. The van der Waals surface area contributed by atoms with Crippen molar-refractivity contribution in [1.82, 2.24) is 10.6 Å². The molecule has 0 aliphatic rings. The summed E-state index contributed by atoms with van der Waals surface area (Å²) in [5.74, 6) is -3.42. The van der Waals surface area contributed by atoms with E-state index >= 15 is 0 Å². The van der Waals surface area contributed by atoms with E-state index in [0.29, 0.717) is 13.1 Å². The van der Waals surface area contributed by atoms with Crippen molar-refractivity contribution in [2.45, 2.75) is 39.5 Å². The van der Waals surface area contributed by atoms with E-state index in [9.17, 15) is 27.2 Å². The van der Waals surface area contributed by atoms with Crippen LogP contribution in [-0.2, 0) is 21.7 Å². The van der Waals surface area contributed by atoms with Crippen LogP contribution >= 0.6 is 0 Å². The number of carbonyl (C=O) groups is 2. The van der Waals surface area contributed by atoms with Crippen LogP contribution in [0.25, 0.3) is 0 Å². The Hall–Kier alpha value is -3.89. The molecule has 4 rings (SSSR count). The number of unbranched alkanes of at least 4 members (excludes halogenated alkanes) is 2. The first kappa shape index (κ1) is 39.1. The molecule has 0 unspecified atom stereocenters. The monoisotopic (exact) mass is 632 g/mol. The van der Waals surface area contributed by atoms with Gasteiger partial charge in [0.25, 0.3) is 0 Å². The Bertz CT molecular complexity index is 1120. The normalized spacial score (nSPS) is 9.26.